The molecule has 2 aliphatic rings. The topological polar surface area (TPSA) is 52.2 Å². The van der Waals surface area contributed by atoms with Crippen molar-refractivity contribution in [2.45, 2.75) is 13.2 Å². The van der Waals surface area contributed by atoms with Crippen molar-refractivity contribution in [2.24, 2.45) is 0 Å². The Kier molecular flexibility index (Phi) is 6.09. The van der Waals surface area contributed by atoms with Gasteiger partial charge in [0.2, 0.25) is 6.79 Å². The summed E-state index contributed by atoms with van der Waals surface area (Å²) < 4.78 is 22.0. The average Bonchev–Trinajstić information content (AvgIpc) is 3.19. The first-order valence-corrected chi connectivity index (χ1v) is 9.48. The Morgan fingerprint density at radius 2 is 1.70 bits per heavy atom. The molecule has 0 radical (unpaired) electrons. The van der Waals surface area contributed by atoms with Gasteiger partial charge in [-0.2, -0.15) is 0 Å². The summed E-state index contributed by atoms with van der Waals surface area (Å²) in [5, 5.41) is 3.50. The highest BCUT2D eigenvalue weighted by Gasteiger charge is 2.13. The molecule has 0 unspecified atom stereocenters. The molecule has 2 heterocycles. The normalized spacial score (nSPS) is 16.4. The first-order chi connectivity index (χ1) is 13.4. The number of hydrogen-bond acceptors (Lipinski definition) is 6. The molecule has 2 aliphatic heterocycles. The fourth-order valence-corrected chi connectivity index (χ4v) is 3.20. The van der Waals surface area contributed by atoms with Crippen molar-refractivity contribution in [3.8, 4) is 17.2 Å². The van der Waals surface area contributed by atoms with Gasteiger partial charge in [0.1, 0.15) is 12.4 Å². The average molecular weight is 370 g/mol. The number of fused-ring (bicyclic) bond motifs is 1. The van der Waals surface area contributed by atoms with E-state index in [-0.39, 0.29) is 0 Å². The molecule has 144 valence electrons. The molecule has 0 amide bonds. The van der Waals surface area contributed by atoms with E-state index in [0.29, 0.717) is 13.4 Å². The van der Waals surface area contributed by atoms with E-state index in [1.165, 1.54) is 5.56 Å². The molecule has 0 atom stereocenters. The second kappa shape index (κ2) is 9.08. The highest BCUT2D eigenvalue weighted by atomic mass is 16.7. The van der Waals surface area contributed by atoms with Crippen molar-refractivity contribution in [3.05, 3.63) is 53.6 Å². The van der Waals surface area contributed by atoms with Crippen LogP contribution in [0.3, 0.4) is 0 Å². The molecule has 0 saturated carbocycles. The number of nitrogens with zero attached hydrogens (tertiary/aromatic N) is 1. The van der Waals surface area contributed by atoms with Crippen molar-refractivity contribution < 1.29 is 18.9 Å². The minimum absolute atomic E-state index is 0.293. The molecule has 6 nitrogen and oxygen atoms in total. The lowest BCUT2D eigenvalue weighted by Crippen LogP contribution is -2.40. The molecule has 0 bridgehead atoms. The summed E-state index contributed by atoms with van der Waals surface area (Å²) in [5.41, 5.74) is 2.32. The van der Waals surface area contributed by atoms with E-state index >= 15 is 0 Å². The zero-order chi connectivity index (χ0) is 18.3. The molecular weight excluding hydrogens is 344 g/mol. The van der Waals surface area contributed by atoms with E-state index in [0.717, 1.165) is 68.7 Å². The number of rotatable bonds is 8. The minimum Gasteiger partial charge on any atom is -0.489 e. The molecule has 6 heteroatoms. The lowest BCUT2D eigenvalue weighted by Gasteiger charge is -2.26. The van der Waals surface area contributed by atoms with Crippen LogP contribution in [0.5, 0.6) is 17.2 Å². The van der Waals surface area contributed by atoms with Gasteiger partial charge in [-0.15, -0.1) is 0 Å². The van der Waals surface area contributed by atoms with Crippen LogP contribution in [-0.2, 0) is 17.9 Å². The fraction of sp³-hybridized carbons (Fsp3) is 0.429. The Morgan fingerprint density at radius 3 is 2.56 bits per heavy atom. The Hall–Kier alpha value is -2.28. The summed E-state index contributed by atoms with van der Waals surface area (Å²) in [7, 11) is 0. The van der Waals surface area contributed by atoms with Gasteiger partial charge in [0.25, 0.3) is 0 Å². The zero-order valence-electron chi connectivity index (χ0n) is 15.5. The molecule has 1 saturated heterocycles. The maximum atomic E-state index is 5.88. The fourth-order valence-electron chi connectivity index (χ4n) is 3.20. The van der Waals surface area contributed by atoms with Gasteiger partial charge in [-0.05, 0) is 35.4 Å². The van der Waals surface area contributed by atoms with Crippen LogP contribution in [0.1, 0.15) is 11.1 Å². The van der Waals surface area contributed by atoms with Crippen LogP contribution < -0.4 is 19.5 Å². The Labute approximate surface area is 160 Å². The Bertz CT molecular complexity index is 729. The van der Waals surface area contributed by atoms with Crippen molar-refractivity contribution in [2.75, 3.05) is 46.2 Å². The highest BCUT2D eigenvalue weighted by molar-refractivity contribution is 5.44. The third-order valence-corrected chi connectivity index (χ3v) is 4.80. The molecular formula is C21H26N2O4. The van der Waals surface area contributed by atoms with Crippen LogP contribution in [0.15, 0.2) is 42.5 Å². The summed E-state index contributed by atoms with van der Waals surface area (Å²) in [6.07, 6.45) is 0. The van der Waals surface area contributed by atoms with Gasteiger partial charge in [0.15, 0.2) is 11.5 Å². The monoisotopic (exact) mass is 370 g/mol. The number of hydrogen-bond donors (Lipinski definition) is 1. The van der Waals surface area contributed by atoms with E-state index in [1.807, 2.05) is 30.3 Å². The molecule has 27 heavy (non-hydrogen) atoms. The second-order valence-corrected chi connectivity index (χ2v) is 6.75. The van der Waals surface area contributed by atoms with Crippen molar-refractivity contribution in [1.82, 2.24) is 10.2 Å². The molecule has 0 spiro atoms. The summed E-state index contributed by atoms with van der Waals surface area (Å²) in [5.74, 6) is 2.45. The first-order valence-electron chi connectivity index (χ1n) is 9.48. The zero-order valence-corrected chi connectivity index (χ0v) is 15.5. The first kappa shape index (κ1) is 18.1. The van der Waals surface area contributed by atoms with Crippen molar-refractivity contribution in [3.63, 3.8) is 0 Å². The maximum Gasteiger partial charge on any atom is 0.231 e. The molecule has 4 rings (SSSR count). The predicted octanol–water partition coefficient (Wildman–Crippen LogP) is 2.42. The third-order valence-electron chi connectivity index (χ3n) is 4.80. The lowest BCUT2D eigenvalue weighted by molar-refractivity contribution is 0.0384. The van der Waals surface area contributed by atoms with Gasteiger partial charge in [0.05, 0.1) is 13.2 Å². The quantitative estimate of drug-likeness (QED) is 0.721. The number of morpholine rings is 1. The van der Waals surface area contributed by atoms with E-state index in [2.05, 4.69) is 22.3 Å². The maximum absolute atomic E-state index is 5.88. The van der Waals surface area contributed by atoms with Crippen LogP contribution >= 0.6 is 0 Å². The predicted molar refractivity (Wildman–Crippen MR) is 102 cm³/mol. The SMILES string of the molecule is c1cc(OCc2ccc3c(c2)OCO3)ccc1CNCCN1CCOCC1. The standard InChI is InChI=1S/C21H26N2O4/c1-4-19(25-15-18-3-6-20-21(13-18)27-16-26-20)5-2-17(1)14-22-7-8-23-9-11-24-12-10-23/h1-6,13,22H,7-12,14-16H2. The van der Waals surface area contributed by atoms with Crippen LogP contribution in [0.4, 0.5) is 0 Å². The Balaban J connectivity index is 1.18. The molecule has 0 aliphatic carbocycles. The van der Waals surface area contributed by atoms with E-state index < -0.39 is 0 Å². The largest absolute Gasteiger partial charge is 0.489 e. The van der Waals surface area contributed by atoms with Gasteiger partial charge in [0, 0.05) is 32.7 Å². The third kappa shape index (κ3) is 5.13. The van der Waals surface area contributed by atoms with Gasteiger partial charge in [-0.3, -0.25) is 4.90 Å². The van der Waals surface area contributed by atoms with Gasteiger partial charge in [-0.25, -0.2) is 0 Å². The molecule has 2 aromatic rings. The summed E-state index contributed by atoms with van der Waals surface area (Å²) in [6.45, 7) is 7.51. The van der Waals surface area contributed by atoms with Crippen molar-refractivity contribution >= 4 is 0 Å². The highest BCUT2D eigenvalue weighted by Crippen LogP contribution is 2.32. The van der Waals surface area contributed by atoms with E-state index in [9.17, 15) is 0 Å². The Morgan fingerprint density at radius 1 is 0.926 bits per heavy atom. The smallest absolute Gasteiger partial charge is 0.231 e. The van der Waals surface area contributed by atoms with Crippen LogP contribution in [-0.4, -0.2) is 51.1 Å². The summed E-state index contributed by atoms with van der Waals surface area (Å²) in [4.78, 5) is 2.43. The molecule has 0 aromatic heterocycles. The van der Waals surface area contributed by atoms with Gasteiger partial charge >= 0.3 is 0 Å². The van der Waals surface area contributed by atoms with E-state index in [4.69, 9.17) is 18.9 Å². The molecule has 1 fully saturated rings. The van der Waals surface area contributed by atoms with Gasteiger partial charge in [-0.1, -0.05) is 18.2 Å². The second-order valence-electron chi connectivity index (χ2n) is 6.75. The van der Waals surface area contributed by atoms with Gasteiger partial charge < -0.3 is 24.3 Å². The van der Waals surface area contributed by atoms with Crippen LogP contribution in [0.25, 0.3) is 0 Å². The van der Waals surface area contributed by atoms with Crippen LogP contribution in [0.2, 0.25) is 0 Å². The summed E-state index contributed by atoms with van der Waals surface area (Å²) >= 11 is 0. The lowest BCUT2D eigenvalue weighted by atomic mass is 10.2. The molecule has 1 N–H and O–H groups in total. The molecule has 2 aromatic carbocycles. The minimum atomic E-state index is 0.293. The van der Waals surface area contributed by atoms with E-state index in [1.54, 1.807) is 0 Å². The summed E-state index contributed by atoms with van der Waals surface area (Å²) in [6, 6.07) is 14.1. The number of nitrogens with one attached hydrogen (secondary N) is 1. The number of benzene rings is 2. The van der Waals surface area contributed by atoms with Crippen molar-refractivity contribution in [1.29, 1.82) is 0 Å². The van der Waals surface area contributed by atoms with Crippen LogP contribution in [0, 0.1) is 0 Å². The number of ether oxygens (including phenoxy) is 4.